The maximum atomic E-state index is 6.27. The van der Waals surface area contributed by atoms with Crippen LogP contribution in [0.15, 0.2) is 6.20 Å². The summed E-state index contributed by atoms with van der Waals surface area (Å²) >= 11 is 0. The molecule has 0 amide bonds. The van der Waals surface area contributed by atoms with Crippen molar-refractivity contribution in [2.24, 2.45) is 5.73 Å². The number of fused-ring (bicyclic) bond motifs is 1. The zero-order chi connectivity index (χ0) is 13.4. The molecule has 4 heteroatoms. The van der Waals surface area contributed by atoms with Crippen LogP contribution in [0.4, 0.5) is 0 Å². The van der Waals surface area contributed by atoms with Crippen LogP contribution in [0.2, 0.25) is 0 Å². The van der Waals surface area contributed by atoms with Crippen molar-refractivity contribution in [3.8, 4) is 0 Å². The molecule has 1 fully saturated rings. The summed E-state index contributed by atoms with van der Waals surface area (Å²) in [5, 5.41) is 0. The number of imidazole rings is 1. The lowest BCUT2D eigenvalue weighted by molar-refractivity contribution is 0.198. The highest BCUT2D eigenvalue weighted by Crippen LogP contribution is 2.27. The zero-order valence-corrected chi connectivity index (χ0v) is 12.2. The maximum absolute atomic E-state index is 6.27. The Balaban J connectivity index is 1.78. The van der Waals surface area contributed by atoms with Gasteiger partial charge in [0.2, 0.25) is 0 Å². The molecule has 1 aromatic heterocycles. The van der Waals surface area contributed by atoms with E-state index >= 15 is 0 Å². The number of nitrogens with two attached hydrogens (primary N) is 1. The molecular formula is C15H26N4. The fourth-order valence-corrected chi connectivity index (χ4v) is 3.77. The maximum Gasteiger partial charge on any atom is 0.111 e. The van der Waals surface area contributed by atoms with Crippen LogP contribution in [0.25, 0.3) is 0 Å². The molecule has 2 aliphatic heterocycles. The molecule has 0 saturated carbocycles. The molecule has 19 heavy (non-hydrogen) atoms. The summed E-state index contributed by atoms with van der Waals surface area (Å²) in [5.41, 5.74) is 7.61. The molecule has 0 bridgehead atoms. The molecule has 3 heterocycles. The number of nitrogens with zero attached hydrogens (tertiary/aromatic N) is 3. The first-order valence-corrected chi connectivity index (χ1v) is 7.73. The van der Waals surface area contributed by atoms with Crippen molar-refractivity contribution < 1.29 is 0 Å². The molecule has 2 N–H and O–H groups in total. The number of hydrogen-bond acceptors (Lipinski definition) is 3. The Labute approximate surface area is 116 Å². The van der Waals surface area contributed by atoms with Gasteiger partial charge in [0.1, 0.15) is 5.82 Å². The minimum atomic E-state index is 0.148. The molecule has 2 unspecified atom stereocenters. The van der Waals surface area contributed by atoms with E-state index in [1.165, 1.54) is 37.3 Å². The van der Waals surface area contributed by atoms with Gasteiger partial charge in [0.05, 0.1) is 6.17 Å². The molecule has 1 aromatic rings. The highest BCUT2D eigenvalue weighted by atomic mass is 15.2. The van der Waals surface area contributed by atoms with Gasteiger partial charge in [0.25, 0.3) is 0 Å². The fourth-order valence-electron chi connectivity index (χ4n) is 3.77. The number of likely N-dealkylation sites (tertiary alicyclic amines) is 1. The van der Waals surface area contributed by atoms with Gasteiger partial charge in [-0.05, 0) is 52.5 Å². The van der Waals surface area contributed by atoms with Crippen LogP contribution in [0.5, 0.6) is 0 Å². The van der Waals surface area contributed by atoms with Crippen LogP contribution >= 0.6 is 0 Å². The van der Waals surface area contributed by atoms with E-state index in [0.29, 0.717) is 12.1 Å². The van der Waals surface area contributed by atoms with E-state index in [-0.39, 0.29) is 6.17 Å². The third-order valence-corrected chi connectivity index (χ3v) is 4.72. The molecule has 0 aliphatic carbocycles. The first-order chi connectivity index (χ1) is 9.16. The van der Waals surface area contributed by atoms with Gasteiger partial charge < -0.3 is 10.3 Å². The SMILES string of the molecule is CC(C)N1CCCC1Cc1ncc2n1C(N)CCC2. The lowest BCUT2D eigenvalue weighted by Crippen LogP contribution is -2.38. The molecule has 1 saturated heterocycles. The molecule has 0 spiro atoms. The minimum absolute atomic E-state index is 0.148. The highest BCUT2D eigenvalue weighted by molar-refractivity contribution is 5.11. The zero-order valence-electron chi connectivity index (χ0n) is 12.2. The van der Waals surface area contributed by atoms with Crippen molar-refractivity contribution in [1.82, 2.24) is 14.5 Å². The van der Waals surface area contributed by atoms with E-state index in [2.05, 4.69) is 28.3 Å². The summed E-state index contributed by atoms with van der Waals surface area (Å²) < 4.78 is 2.31. The summed E-state index contributed by atoms with van der Waals surface area (Å²) in [6.45, 7) is 5.83. The fraction of sp³-hybridized carbons (Fsp3) is 0.800. The van der Waals surface area contributed by atoms with Gasteiger partial charge >= 0.3 is 0 Å². The lowest BCUT2D eigenvalue weighted by atomic mass is 10.1. The van der Waals surface area contributed by atoms with E-state index in [4.69, 9.17) is 5.73 Å². The number of rotatable bonds is 3. The highest BCUT2D eigenvalue weighted by Gasteiger charge is 2.29. The summed E-state index contributed by atoms with van der Waals surface area (Å²) in [6, 6.07) is 1.29. The van der Waals surface area contributed by atoms with E-state index in [1.807, 2.05) is 6.20 Å². The standard InChI is InChI=1S/C15H26N4/c1-11(2)18-8-4-6-12(18)9-15-17-10-13-5-3-7-14(16)19(13)15/h10-12,14H,3-9,16H2,1-2H3. The van der Waals surface area contributed by atoms with Crippen LogP contribution in [0.1, 0.15) is 57.2 Å². The van der Waals surface area contributed by atoms with Crippen LogP contribution in [-0.2, 0) is 12.8 Å². The van der Waals surface area contributed by atoms with Crippen molar-refractivity contribution in [2.45, 2.75) is 70.6 Å². The van der Waals surface area contributed by atoms with Gasteiger partial charge in [-0.15, -0.1) is 0 Å². The Morgan fingerprint density at radius 1 is 1.37 bits per heavy atom. The topological polar surface area (TPSA) is 47.1 Å². The summed E-state index contributed by atoms with van der Waals surface area (Å²) in [6.07, 6.45) is 9.31. The largest absolute Gasteiger partial charge is 0.316 e. The second-order valence-corrected chi connectivity index (χ2v) is 6.33. The third-order valence-electron chi connectivity index (χ3n) is 4.72. The van der Waals surface area contributed by atoms with E-state index in [0.717, 1.165) is 19.3 Å². The van der Waals surface area contributed by atoms with Crippen LogP contribution in [0.3, 0.4) is 0 Å². The van der Waals surface area contributed by atoms with Gasteiger partial charge in [-0.3, -0.25) is 4.90 Å². The Morgan fingerprint density at radius 2 is 2.21 bits per heavy atom. The van der Waals surface area contributed by atoms with Crippen LogP contribution < -0.4 is 5.73 Å². The van der Waals surface area contributed by atoms with E-state index in [1.54, 1.807) is 0 Å². The Hall–Kier alpha value is -0.870. The molecule has 4 nitrogen and oxygen atoms in total. The van der Waals surface area contributed by atoms with Gasteiger partial charge in [-0.2, -0.15) is 0 Å². The predicted molar refractivity (Wildman–Crippen MR) is 77.0 cm³/mol. The molecule has 106 valence electrons. The lowest BCUT2D eigenvalue weighted by Gasteiger charge is -2.29. The monoisotopic (exact) mass is 262 g/mol. The average Bonchev–Trinajstić information content (AvgIpc) is 2.98. The number of hydrogen-bond donors (Lipinski definition) is 1. The first-order valence-electron chi connectivity index (χ1n) is 7.73. The van der Waals surface area contributed by atoms with Gasteiger partial charge in [0.15, 0.2) is 0 Å². The van der Waals surface area contributed by atoms with Crippen molar-refractivity contribution in [2.75, 3.05) is 6.54 Å². The predicted octanol–water partition coefficient (Wildman–Crippen LogP) is 2.09. The second kappa shape index (κ2) is 5.25. The van der Waals surface area contributed by atoms with Gasteiger partial charge in [-0.1, -0.05) is 0 Å². The molecule has 2 aliphatic rings. The first kappa shape index (κ1) is 13.1. The average molecular weight is 262 g/mol. The van der Waals surface area contributed by atoms with Gasteiger partial charge in [-0.25, -0.2) is 4.98 Å². The second-order valence-electron chi connectivity index (χ2n) is 6.33. The van der Waals surface area contributed by atoms with Crippen molar-refractivity contribution in [3.63, 3.8) is 0 Å². The molecule has 2 atom stereocenters. The Kier molecular flexibility index (Phi) is 3.63. The van der Waals surface area contributed by atoms with Crippen molar-refractivity contribution in [3.05, 3.63) is 17.7 Å². The summed E-state index contributed by atoms with van der Waals surface area (Å²) in [5.74, 6) is 1.21. The van der Waals surface area contributed by atoms with Crippen molar-refractivity contribution in [1.29, 1.82) is 0 Å². The summed E-state index contributed by atoms with van der Waals surface area (Å²) in [7, 11) is 0. The van der Waals surface area contributed by atoms with E-state index in [9.17, 15) is 0 Å². The number of aryl methyl sites for hydroxylation is 1. The normalized spacial score (nSPS) is 28.0. The quantitative estimate of drug-likeness (QED) is 0.907. The third kappa shape index (κ3) is 2.43. The van der Waals surface area contributed by atoms with E-state index < -0.39 is 0 Å². The summed E-state index contributed by atoms with van der Waals surface area (Å²) in [4.78, 5) is 7.28. The molecular weight excluding hydrogens is 236 g/mol. The smallest absolute Gasteiger partial charge is 0.111 e. The number of aromatic nitrogens is 2. The molecule has 0 aromatic carbocycles. The van der Waals surface area contributed by atoms with Crippen LogP contribution in [-0.4, -0.2) is 33.1 Å². The molecule has 3 rings (SSSR count). The Bertz CT molecular complexity index is 437. The van der Waals surface area contributed by atoms with Crippen LogP contribution in [0, 0.1) is 0 Å². The minimum Gasteiger partial charge on any atom is -0.316 e. The Morgan fingerprint density at radius 3 is 3.00 bits per heavy atom. The van der Waals surface area contributed by atoms with Crippen molar-refractivity contribution >= 4 is 0 Å². The molecule has 0 radical (unpaired) electrons. The van der Waals surface area contributed by atoms with Gasteiger partial charge in [0, 0.05) is 30.4 Å².